The van der Waals surface area contributed by atoms with Crippen LogP contribution in [-0.2, 0) is 6.54 Å². The van der Waals surface area contributed by atoms with E-state index in [1.165, 1.54) is 6.07 Å². The van der Waals surface area contributed by atoms with E-state index >= 15 is 0 Å². The normalized spacial score (nSPS) is 10.5. The first-order valence-electron chi connectivity index (χ1n) is 5.83. The number of benzene rings is 1. The predicted octanol–water partition coefficient (Wildman–Crippen LogP) is 3.18. The van der Waals surface area contributed by atoms with Gasteiger partial charge in [-0.3, -0.25) is 0 Å². The molecule has 2 aromatic rings. The largest absolute Gasteiger partial charge is 0.439 e. The van der Waals surface area contributed by atoms with E-state index in [9.17, 15) is 8.78 Å². The third-order valence-electron chi connectivity index (χ3n) is 2.48. The van der Waals surface area contributed by atoms with Crippen LogP contribution in [0.2, 0.25) is 0 Å². The summed E-state index contributed by atoms with van der Waals surface area (Å²) in [6, 6.07) is 7.06. The number of hydrogen-bond donors (Lipinski definition) is 1. The Morgan fingerprint density at radius 1 is 1.16 bits per heavy atom. The van der Waals surface area contributed by atoms with Gasteiger partial charge in [-0.15, -0.1) is 0 Å². The summed E-state index contributed by atoms with van der Waals surface area (Å²) in [6.45, 7) is 2.52. The summed E-state index contributed by atoms with van der Waals surface area (Å²) >= 11 is 0. The van der Waals surface area contributed by atoms with Crippen molar-refractivity contribution in [3.05, 3.63) is 53.2 Å². The molecule has 0 saturated heterocycles. The SMILES string of the molecule is CNCc1cc(C)nc(Oc2ccc(F)c(F)c2)c1. The standard InChI is InChI=1S/C14H14F2N2O/c1-9-5-10(8-17-2)6-14(18-9)19-11-3-4-12(15)13(16)7-11/h3-7,17H,8H2,1-2H3. The van der Waals surface area contributed by atoms with Gasteiger partial charge >= 0.3 is 0 Å². The van der Waals surface area contributed by atoms with Crippen LogP contribution in [-0.4, -0.2) is 12.0 Å². The van der Waals surface area contributed by atoms with Crippen molar-refractivity contribution in [2.24, 2.45) is 0 Å². The maximum absolute atomic E-state index is 13.1. The van der Waals surface area contributed by atoms with Gasteiger partial charge < -0.3 is 10.1 Å². The van der Waals surface area contributed by atoms with Crippen molar-refractivity contribution in [3.63, 3.8) is 0 Å². The van der Waals surface area contributed by atoms with Crippen LogP contribution in [0.25, 0.3) is 0 Å². The van der Waals surface area contributed by atoms with E-state index in [0.29, 0.717) is 12.4 Å². The molecule has 0 atom stereocenters. The Kier molecular flexibility index (Phi) is 4.06. The quantitative estimate of drug-likeness (QED) is 0.921. The topological polar surface area (TPSA) is 34.2 Å². The van der Waals surface area contributed by atoms with Crippen molar-refractivity contribution in [2.45, 2.75) is 13.5 Å². The summed E-state index contributed by atoms with van der Waals surface area (Å²) in [5.41, 5.74) is 1.80. The molecule has 0 aliphatic carbocycles. The van der Waals surface area contributed by atoms with Crippen molar-refractivity contribution in [2.75, 3.05) is 7.05 Å². The average molecular weight is 264 g/mol. The summed E-state index contributed by atoms with van der Waals surface area (Å²) in [4.78, 5) is 4.20. The molecule has 0 amide bonds. The van der Waals surface area contributed by atoms with Crippen LogP contribution >= 0.6 is 0 Å². The van der Waals surface area contributed by atoms with Crippen LogP contribution in [0.1, 0.15) is 11.3 Å². The van der Waals surface area contributed by atoms with Crippen molar-refractivity contribution >= 4 is 0 Å². The van der Waals surface area contributed by atoms with E-state index < -0.39 is 11.6 Å². The van der Waals surface area contributed by atoms with Crippen molar-refractivity contribution < 1.29 is 13.5 Å². The maximum atomic E-state index is 13.1. The molecule has 0 saturated carbocycles. The van der Waals surface area contributed by atoms with Gasteiger partial charge in [0.05, 0.1) is 0 Å². The Hall–Kier alpha value is -2.01. The Balaban J connectivity index is 2.24. The zero-order valence-electron chi connectivity index (χ0n) is 10.7. The maximum Gasteiger partial charge on any atom is 0.219 e. The molecule has 0 aliphatic rings. The van der Waals surface area contributed by atoms with Crippen LogP contribution in [0.4, 0.5) is 8.78 Å². The van der Waals surface area contributed by atoms with Gasteiger partial charge in [0.15, 0.2) is 11.6 Å². The Labute approximate surface area is 110 Å². The Bertz CT molecular complexity index is 588. The Morgan fingerprint density at radius 3 is 2.63 bits per heavy atom. The molecule has 0 radical (unpaired) electrons. The van der Waals surface area contributed by atoms with Crippen molar-refractivity contribution in [1.82, 2.24) is 10.3 Å². The van der Waals surface area contributed by atoms with Gasteiger partial charge in [-0.1, -0.05) is 0 Å². The molecular formula is C14H14F2N2O. The first-order valence-corrected chi connectivity index (χ1v) is 5.83. The summed E-state index contributed by atoms with van der Waals surface area (Å²) in [5, 5.41) is 3.03. The highest BCUT2D eigenvalue weighted by atomic mass is 19.2. The molecule has 100 valence electrons. The fourth-order valence-electron chi connectivity index (χ4n) is 1.73. The molecule has 1 aromatic heterocycles. The number of aryl methyl sites for hydroxylation is 1. The zero-order chi connectivity index (χ0) is 13.8. The van der Waals surface area contributed by atoms with E-state index in [1.54, 1.807) is 6.07 Å². The van der Waals surface area contributed by atoms with E-state index in [2.05, 4.69) is 10.3 Å². The minimum absolute atomic E-state index is 0.215. The first-order chi connectivity index (χ1) is 9.08. The number of ether oxygens (including phenoxy) is 1. The summed E-state index contributed by atoms with van der Waals surface area (Å²) in [6.07, 6.45) is 0. The number of pyridine rings is 1. The molecule has 0 fully saturated rings. The number of nitrogens with one attached hydrogen (secondary N) is 1. The predicted molar refractivity (Wildman–Crippen MR) is 68.2 cm³/mol. The van der Waals surface area contributed by atoms with Crippen molar-refractivity contribution in [3.8, 4) is 11.6 Å². The van der Waals surface area contributed by atoms with Gasteiger partial charge in [-0.2, -0.15) is 0 Å². The molecule has 5 heteroatoms. The second-order valence-electron chi connectivity index (χ2n) is 4.16. The van der Waals surface area contributed by atoms with Gasteiger partial charge in [0.25, 0.3) is 0 Å². The highest BCUT2D eigenvalue weighted by Gasteiger charge is 2.06. The lowest BCUT2D eigenvalue weighted by Gasteiger charge is -2.08. The van der Waals surface area contributed by atoms with Gasteiger partial charge in [0.1, 0.15) is 5.75 Å². The van der Waals surface area contributed by atoms with Crippen LogP contribution in [0.5, 0.6) is 11.6 Å². The Morgan fingerprint density at radius 2 is 1.95 bits per heavy atom. The first kappa shape index (κ1) is 13.4. The molecule has 1 N–H and O–H groups in total. The smallest absolute Gasteiger partial charge is 0.219 e. The fraction of sp³-hybridized carbons (Fsp3) is 0.214. The van der Waals surface area contributed by atoms with Crippen LogP contribution in [0, 0.1) is 18.6 Å². The second kappa shape index (κ2) is 5.75. The molecule has 3 nitrogen and oxygen atoms in total. The third-order valence-corrected chi connectivity index (χ3v) is 2.48. The molecule has 0 bridgehead atoms. The second-order valence-corrected chi connectivity index (χ2v) is 4.16. The van der Waals surface area contributed by atoms with E-state index in [1.807, 2.05) is 20.0 Å². The highest BCUT2D eigenvalue weighted by molar-refractivity contribution is 5.31. The number of rotatable bonds is 4. The lowest BCUT2D eigenvalue weighted by Crippen LogP contribution is -2.06. The van der Waals surface area contributed by atoms with E-state index in [0.717, 1.165) is 23.4 Å². The molecule has 1 aromatic carbocycles. The summed E-state index contributed by atoms with van der Waals surface area (Å²) in [5.74, 6) is -1.27. The van der Waals surface area contributed by atoms with Gasteiger partial charge in [0, 0.05) is 24.4 Å². The van der Waals surface area contributed by atoms with Crippen molar-refractivity contribution in [1.29, 1.82) is 0 Å². The monoisotopic (exact) mass is 264 g/mol. The number of nitrogens with zero attached hydrogens (tertiary/aromatic N) is 1. The minimum Gasteiger partial charge on any atom is -0.439 e. The molecule has 0 unspecified atom stereocenters. The summed E-state index contributed by atoms with van der Waals surface area (Å²) in [7, 11) is 1.84. The fourth-order valence-corrected chi connectivity index (χ4v) is 1.73. The molecule has 2 rings (SSSR count). The van der Waals surface area contributed by atoms with Crippen LogP contribution in [0.15, 0.2) is 30.3 Å². The van der Waals surface area contributed by atoms with E-state index in [4.69, 9.17) is 4.74 Å². The van der Waals surface area contributed by atoms with Gasteiger partial charge in [-0.25, -0.2) is 13.8 Å². The zero-order valence-corrected chi connectivity index (χ0v) is 10.7. The average Bonchev–Trinajstić information content (AvgIpc) is 2.33. The number of aromatic nitrogens is 1. The summed E-state index contributed by atoms with van der Waals surface area (Å²) < 4.78 is 31.3. The van der Waals surface area contributed by atoms with Gasteiger partial charge in [0.2, 0.25) is 5.88 Å². The lowest BCUT2D eigenvalue weighted by molar-refractivity contribution is 0.446. The highest BCUT2D eigenvalue weighted by Crippen LogP contribution is 2.22. The lowest BCUT2D eigenvalue weighted by atomic mass is 10.2. The van der Waals surface area contributed by atoms with Gasteiger partial charge in [-0.05, 0) is 37.7 Å². The molecule has 0 spiro atoms. The molecule has 0 aliphatic heterocycles. The molecule has 1 heterocycles. The van der Waals surface area contributed by atoms with E-state index in [-0.39, 0.29) is 5.75 Å². The number of hydrogen-bond acceptors (Lipinski definition) is 3. The third kappa shape index (κ3) is 3.48. The molecule has 19 heavy (non-hydrogen) atoms. The van der Waals surface area contributed by atoms with Crippen LogP contribution < -0.4 is 10.1 Å². The molecular weight excluding hydrogens is 250 g/mol. The minimum atomic E-state index is -0.944. The number of halogens is 2. The van der Waals surface area contributed by atoms with Crippen LogP contribution in [0.3, 0.4) is 0 Å².